The summed E-state index contributed by atoms with van der Waals surface area (Å²) in [6.07, 6.45) is 4.39. The molecule has 0 saturated carbocycles. The van der Waals surface area contributed by atoms with Crippen LogP contribution in [0, 0.1) is 0 Å². The van der Waals surface area contributed by atoms with Gasteiger partial charge in [0.2, 0.25) is 0 Å². The maximum atomic E-state index is 2.40. The first-order valence-electron chi connectivity index (χ1n) is 7.37. The van der Waals surface area contributed by atoms with Gasteiger partial charge in [-0.1, -0.05) is 69.3 Å². The second-order valence-corrected chi connectivity index (χ2v) is 9.30. The Morgan fingerprint density at radius 3 is 1.90 bits per heavy atom. The Balaban J connectivity index is 2.26. The van der Waals surface area contributed by atoms with Gasteiger partial charge >= 0.3 is 0 Å². The van der Waals surface area contributed by atoms with Crippen molar-refractivity contribution >= 4 is 10.0 Å². The van der Waals surface area contributed by atoms with Gasteiger partial charge in [-0.3, -0.25) is 0 Å². The Morgan fingerprint density at radius 1 is 0.714 bits per heavy atom. The molecular weight excluding hydrogens is 272 g/mol. The number of rotatable bonds is 2. The van der Waals surface area contributed by atoms with E-state index in [0.717, 1.165) is 0 Å². The summed E-state index contributed by atoms with van der Waals surface area (Å²) in [6, 6.07) is 19.8. The lowest BCUT2D eigenvalue weighted by Gasteiger charge is -2.37. The lowest BCUT2D eigenvalue weighted by Crippen LogP contribution is -2.14. The third-order valence-corrected chi connectivity index (χ3v) is 7.20. The van der Waals surface area contributed by atoms with Gasteiger partial charge in [0.15, 0.2) is 0 Å². The third kappa shape index (κ3) is 2.47. The van der Waals surface area contributed by atoms with Crippen molar-refractivity contribution in [3.8, 4) is 0 Å². The molecule has 3 rings (SSSR count). The molecule has 2 aromatic rings. The Kier molecular flexibility index (Phi) is 3.54. The zero-order valence-electron chi connectivity index (χ0n) is 12.9. The van der Waals surface area contributed by atoms with Crippen LogP contribution in [-0.2, 0) is 5.41 Å². The highest BCUT2D eigenvalue weighted by Gasteiger charge is 2.30. The smallest absolute Gasteiger partial charge is 0.00495 e. The lowest BCUT2D eigenvalue weighted by molar-refractivity contribution is 0.577. The molecule has 0 bridgehead atoms. The van der Waals surface area contributed by atoms with E-state index in [9.17, 15) is 0 Å². The zero-order valence-corrected chi connectivity index (χ0v) is 13.7. The summed E-state index contributed by atoms with van der Waals surface area (Å²) in [6.45, 7) is 6.89. The summed E-state index contributed by atoms with van der Waals surface area (Å²) < 4.78 is 0. The van der Waals surface area contributed by atoms with Gasteiger partial charge in [-0.05, 0) is 40.0 Å². The molecule has 0 aliphatic carbocycles. The summed E-state index contributed by atoms with van der Waals surface area (Å²) in [5, 5.41) is 4.79. The Labute approximate surface area is 129 Å². The topological polar surface area (TPSA) is 0 Å². The van der Waals surface area contributed by atoms with Crippen molar-refractivity contribution in [1.82, 2.24) is 0 Å². The summed E-state index contributed by atoms with van der Waals surface area (Å²) in [5.74, 6) is 0. The van der Waals surface area contributed by atoms with Crippen molar-refractivity contribution in [2.24, 2.45) is 0 Å². The second kappa shape index (κ2) is 5.23. The maximum Gasteiger partial charge on any atom is 0.00495 e. The van der Waals surface area contributed by atoms with Gasteiger partial charge in [-0.25, -0.2) is 0 Å². The van der Waals surface area contributed by atoms with Gasteiger partial charge in [0.05, 0.1) is 0 Å². The van der Waals surface area contributed by atoms with E-state index >= 15 is 0 Å². The van der Waals surface area contributed by atoms with E-state index in [0.29, 0.717) is 0 Å². The van der Waals surface area contributed by atoms with Crippen LogP contribution in [0.25, 0.3) is 0 Å². The molecule has 1 aliphatic rings. The van der Waals surface area contributed by atoms with Crippen LogP contribution in [0.3, 0.4) is 0 Å². The molecule has 0 nitrogen and oxygen atoms in total. The van der Waals surface area contributed by atoms with Crippen LogP contribution in [0.1, 0.15) is 26.3 Å². The monoisotopic (exact) mass is 294 g/mol. The Bertz CT molecular complexity index is 675. The average Bonchev–Trinajstić information content (AvgIpc) is 2.98. The van der Waals surface area contributed by atoms with Gasteiger partial charge in [-0.2, -0.15) is 0 Å². The molecule has 0 radical (unpaired) electrons. The molecule has 2 aromatic carbocycles. The molecule has 1 heteroatoms. The lowest BCUT2D eigenvalue weighted by atomic mass is 9.87. The first-order chi connectivity index (χ1) is 10.0. The fourth-order valence-electron chi connectivity index (χ4n) is 2.84. The van der Waals surface area contributed by atoms with E-state index in [1.165, 1.54) is 15.4 Å². The van der Waals surface area contributed by atoms with E-state index in [-0.39, 0.29) is 5.41 Å². The number of hydrogen-bond acceptors (Lipinski definition) is 0. The first kappa shape index (κ1) is 14.2. The minimum atomic E-state index is -1.19. The van der Waals surface area contributed by atoms with Crippen molar-refractivity contribution in [2.45, 2.75) is 36.0 Å². The molecule has 21 heavy (non-hydrogen) atoms. The normalized spacial score (nSPS) is 17.9. The Morgan fingerprint density at radius 2 is 1.29 bits per heavy atom. The summed E-state index contributed by atoms with van der Waals surface area (Å²) in [4.78, 5) is 2.88. The molecule has 0 amide bonds. The Hall–Kier alpha value is -1.73. The van der Waals surface area contributed by atoms with Crippen molar-refractivity contribution in [2.75, 3.05) is 0 Å². The maximum absolute atomic E-state index is 2.40. The highest BCUT2D eigenvalue weighted by molar-refractivity contribution is 8.38. The second-order valence-electron chi connectivity index (χ2n) is 6.43. The highest BCUT2D eigenvalue weighted by atomic mass is 32.3. The fourth-order valence-corrected chi connectivity index (χ4v) is 6.12. The van der Waals surface area contributed by atoms with E-state index in [2.05, 4.69) is 98.3 Å². The molecule has 0 aromatic heterocycles. The molecule has 0 fully saturated rings. The molecule has 0 N–H and O–H groups in total. The molecular formula is C20H22S. The molecule has 0 saturated heterocycles. The minimum absolute atomic E-state index is 0.148. The number of allylic oxidation sites excluding steroid dienone is 2. The number of hydrogen-bond donors (Lipinski definition) is 0. The summed E-state index contributed by atoms with van der Waals surface area (Å²) in [7, 11) is -1.19. The van der Waals surface area contributed by atoms with Crippen LogP contribution in [0.15, 0.2) is 87.4 Å². The van der Waals surface area contributed by atoms with E-state index in [1.54, 1.807) is 0 Å². The van der Waals surface area contributed by atoms with Crippen molar-refractivity contribution < 1.29 is 0 Å². The van der Waals surface area contributed by atoms with E-state index in [4.69, 9.17) is 0 Å². The summed E-state index contributed by atoms with van der Waals surface area (Å²) >= 11 is 0. The van der Waals surface area contributed by atoms with Gasteiger partial charge in [-0.15, -0.1) is 10.0 Å². The zero-order chi connectivity index (χ0) is 14.9. The molecule has 1 heterocycles. The van der Waals surface area contributed by atoms with Crippen molar-refractivity contribution in [3.63, 3.8) is 0 Å². The predicted molar refractivity (Wildman–Crippen MR) is 94.0 cm³/mol. The SMILES string of the molecule is CC(C)(C)c1ccccc1S1(c2ccccc2)C=CC=C1. The van der Waals surface area contributed by atoms with Gasteiger partial charge in [0.1, 0.15) is 0 Å². The van der Waals surface area contributed by atoms with Crippen LogP contribution in [0.4, 0.5) is 0 Å². The molecule has 0 unspecified atom stereocenters. The highest BCUT2D eigenvalue weighted by Crippen LogP contribution is 2.68. The largest absolute Gasteiger partial charge is 0.146 e. The van der Waals surface area contributed by atoms with Gasteiger partial charge in [0.25, 0.3) is 0 Å². The van der Waals surface area contributed by atoms with Gasteiger partial charge in [0, 0.05) is 9.79 Å². The van der Waals surface area contributed by atoms with Crippen LogP contribution >= 0.6 is 10.0 Å². The van der Waals surface area contributed by atoms with Crippen LogP contribution in [-0.4, -0.2) is 0 Å². The molecule has 0 spiro atoms. The minimum Gasteiger partial charge on any atom is -0.146 e. The average molecular weight is 294 g/mol. The molecule has 0 atom stereocenters. The molecule has 1 aliphatic heterocycles. The van der Waals surface area contributed by atoms with Crippen LogP contribution < -0.4 is 0 Å². The fraction of sp³-hybridized carbons (Fsp3) is 0.200. The van der Waals surface area contributed by atoms with Crippen molar-refractivity contribution in [1.29, 1.82) is 0 Å². The van der Waals surface area contributed by atoms with E-state index in [1.807, 2.05) is 0 Å². The number of benzene rings is 2. The first-order valence-corrected chi connectivity index (χ1v) is 9.13. The van der Waals surface area contributed by atoms with Gasteiger partial charge < -0.3 is 0 Å². The third-order valence-electron chi connectivity index (χ3n) is 3.89. The summed E-state index contributed by atoms with van der Waals surface area (Å²) in [5.41, 5.74) is 1.59. The quantitative estimate of drug-likeness (QED) is 0.614. The molecule has 108 valence electrons. The predicted octanol–water partition coefficient (Wildman–Crippen LogP) is 6.25. The van der Waals surface area contributed by atoms with Crippen molar-refractivity contribution in [3.05, 3.63) is 83.1 Å². The van der Waals surface area contributed by atoms with Crippen LogP contribution in [0.5, 0.6) is 0 Å². The standard InChI is InChI=1S/C20H22S/c1-20(2,3)18-13-7-8-14-19(18)21(15-9-10-16-21)17-11-5-4-6-12-17/h4-16H,1-3H3. The van der Waals surface area contributed by atoms with Crippen LogP contribution in [0.2, 0.25) is 0 Å². The van der Waals surface area contributed by atoms with E-state index < -0.39 is 10.0 Å².